The van der Waals surface area contributed by atoms with Crippen LogP contribution in [0.15, 0.2) is 42.6 Å². The molecule has 0 aliphatic carbocycles. The Morgan fingerprint density at radius 3 is 1.98 bits per heavy atom. The zero-order valence-electron chi connectivity index (χ0n) is 24.2. The Labute approximate surface area is 256 Å². The smallest absolute Gasteiger partial charge is 0.335 e. The maximum Gasteiger partial charge on any atom is 0.335 e. The van der Waals surface area contributed by atoms with Gasteiger partial charge in [0, 0.05) is 39.6 Å². The molecule has 7 N–H and O–H groups in total. The highest BCUT2D eigenvalue weighted by Gasteiger charge is 2.18. The molecule has 3 aromatic heterocycles. The lowest BCUT2D eigenvalue weighted by Gasteiger charge is -2.10. The van der Waals surface area contributed by atoms with Crippen molar-refractivity contribution in [3.8, 4) is 0 Å². The fourth-order valence-corrected chi connectivity index (χ4v) is 4.61. The fraction of sp³-hybridized carbons (Fsp3) is 0.233. The van der Waals surface area contributed by atoms with E-state index in [1.807, 2.05) is 19.1 Å². The van der Waals surface area contributed by atoms with Crippen molar-refractivity contribution in [1.29, 1.82) is 0 Å². The minimum Gasteiger partial charge on any atom is -0.478 e. The summed E-state index contributed by atoms with van der Waals surface area (Å²) in [5, 5.41) is 8.35. The summed E-state index contributed by atoms with van der Waals surface area (Å²) in [5.41, 5.74) is 17.6. The molecule has 5 rings (SSSR count). The number of carbonyl (C=O) groups excluding carboxylic acids is 1. The van der Waals surface area contributed by atoms with Gasteiger partial charge in [-0.25, -0.2) is 32.3 Å². The minimum atomic E-state index is -1.40. The van der Waals surface area contributed by atoms with Crippen molar-refractivity contribution in [3.05, 3.63) is 82.8 Å². The van der Waals surface area contributed by atoms with E-state index in [-0.39, 0.29) is 26.2 Å². The molecular weight excluding hydrogens is 593 g/mol. The molecule has 0 fully saturated rings. The number of imidazole rings is 1. The normalized spacial score (nSPS) is 10.8. The van der Waals surface area contributed by atoms with Crippen LogP contribution in [0.2, 0.25) is 0 Å². The number of hydrogen-bond acceptors (Lipinski definition) is 8. The predicted molar refractivity (Wildman–Crippen MR) is 164 cm³/mol. The number of aromatic nitrogens is 4. The van der Waals surface area contributed by atoms with Crippen molar-refractivity contribution in [1.82, 2.24) is 19.5 Å². The summed E-state index contributed by atoms with van der Waals surface area (Å²) in [4.78, 5) is 36.1. The number of nitrogens with zero attached hydrogens (tertiary/aromatic N) is 4. The largest absolute Gasteiger partial charge is 0.478 e. The van der Waals surface area contributed by atoms with E-state index in [9.17, 15) is 27.2 Å². The molecule has 2 aromatic carbocycles. The van der Waals surface area contributed by atoms with Gasteiger partial charge in [-0.3, -0.25) is 9.78 Å². The van der Waals surface area contributed by atoms with E-state index < -0.39 is 46.2 Å². The third kappa shape index (κ3) is 7.48. The summed E-state index contributed by atoms with van der Waals surface area (Å²) in [5.74, 6) is -4.38. The van der Waals surface area contributed by atoms with E-state index in [4.69, 9.17) is 22.3 Å². The number of aromatic carboxylic acids is 1. The molecule has 3 heterocycles. The van der Waals surface area contributed by atoms with Crippen molar-refractivity contribution in [2.45, 2.75) is 45.6 Å². The van der Waals surface area contributed by atoms with E-state index in [1.54, 1.807) is 6.20 Å². The van der Waals surface area contributed by atoms with Crippen LogP contribution in [0.25, 0.3) is 22.1 Å². The standard InChI is InChI=1S/C23H24F2N6O.C7H5F2NO2.B/c1-2-18-30-21-22(20-16(29-23(21)27)7-6-9-28-20)31(18)10-5-3-4-8-17(32)13-11-14(24)19(26)15(25)12-13;8-4-1-3(7(11)12)2-5(9)6(4)10;/h6-7,9,11-12H,2-5,8,10,26H2,1H3,(H2,27,29);1-2H,10H2,(H,11,12);. The van der Waals surface area contributed by atoms with Crippen molar-refractivity contribution in [3.63, 3.8) is 0 Å². The van der Waals surface area contributed by atoms with Gasteiger partial charge < -0.3 is 26.9 Å². The second-order valence-electron chi connectivity index (χ2n) is 9.84. The SMILES string of the molecule is CCc1nc2c(N)nc3cccnc3c2n1CCCCCC(=O)c1cc(F)c(N)c(F)c1.Nc1c(F)cc(C(=O)O)cc1F.[B]. The molecule has 0 amide bonds. The molecule has 3 radical (unpaired) electrons. The molecule has 0 saturated heterocycles. The van der Waals surface area contributed by atoms with Crippen LogP contribution in [0.3, 0.4) is 0 Å². The number of Topliss-reactive ketones (excluding diaryl/α,β-unsaturated/α-hetero) is 1. The molecule has 233 valence electrons. The zero-order valence-corrected chi connectivity index (χ0v) is 24.2. The number of unbranched alkanes of at least 4 members (excludes halogenated alkanes) is 2. The van der Waals surface area contributed by atoms with Gasteiger partial charge in [0.25, 0.3) is 0 Å². The Balaban J connectivity index is 0.000000359. The van der Waals surface area contributed by atoms with Gasteiger partial charge in [-0.2, -0.15) is 0 Å². The number of benzene rings is 2. The third-order valence-electron chi connectivity index (χ3n) is 6.87. The zero-order chi connectivity index (χ0) is 32.1. The molecule has 0 spiro atoms. The van der Waals surface area contributed by atoms with Gasteiger partial charge in [0.05, 0.1) is 11.1 Å². The summed E-state index contributed by atoms with van der Waals surface area (Å²) in [6.07, 6.45) is 4.82. The lowest BCUT2D eigenvalue weighted by molar-refractivity contribution is 0.0695. The molecule has 0 unspecified atom stereocenters. The molecule has 5 aromatic rings. The van der Waals surface area contributed by atoms with Crippen LogP contribution in [0.1, 0.15) is 59.1 Å². The molecule has 45 heavy (non-hydrogen) atoms. The Morgan fingerprint density at radius 1 is 0.844 bits per heavy atom. The summed E-state index contributed by atoms with van der Waals surface area (Å²) in [6.45, 7) is 2.72. The number of ketones is 1. The minimum absolute atomic E-state index is 0. The molecule has 0 atom stereocenters. The van der Waals surface area contributed by atoms with E-state index in [2.05, 4.69) is 19.5 Å². The maximum atomic E-state index is 13.6. The average molecular weight is 622 g/mol. The molecule has 0 bridgehead atoms. The summed E-state index contributed by atoms with van der Waals surface area (Å²) >= 11 is 0. The number of pyridine rings is 2. The number of aryl methyl sites for hydroxylation is 2. The van der Waals surface area contributed by atoms with E-state index in [1.165, 1.54) is 0 Å². The summed E-state index contributed by atoms with van der Waals surface area (Å²) < 4.78 is 54.5. The first-order chi connectivity index (χ1) is 20.9. The van der Waals surface area contributed by atoms with Gasteiger partial charge in [0.1, 0.15) is 57.0 Å². The third-order valence-corrected chi connectivity index (χ3v) is 6.87. The second-order valence-corrected chi connectivity index (χ2v) is 9.84. The highest BCUT2D eigenvalue weighted by molar-refractivity contribution is 6.04. The van der Waals surface area contributed by atoms with Crippen molar-refractivity contribution in [2.24, 2.45) is 0 Å². The lowest BCUT2D eigenvalue weighted by Crippen LogP contribution is -2.06. The number of rotatable bonds is 9. The number of carbonyl (C=O) groups is 2. The predicted octanol–water partition coefficient (Wildman–Crippen LogP) is 5.29. The molecule has 15 heteroatoms. The molecule has 0 aliphatic heterocycles. The van der Waals surface area contributed by atoms with Gasteiger partial charge in [0.15, 0.2) is 11.6 Å². The first kappa shape index (κ1) is 34.3. The van der Waals surface area contributed by atoms with Crippen molar-refractivity contribution >= 4 is 59.4 Å². The molecular formula is C30H29BF4N7O3. The Kier molecular flexibility index (Phi) is 11.1. The first-order valence-electron chi connectivity index (χ1n) is 13.6. The van der Waals surface area contributed by atoms with Crippen LogP contribution in [-0.4, -0.2) is 44.8 Å². The quantitative estimate of drug-likeness (QED) is 0.0559. The van der Waals surface area contributed by atoms with Crippen LogP contribution in [0, 0.1) is 23.3 Å². The number of fused-ring (bicyclic) bond motifs is 3. The van der Waals surface area contributed by atoms with E-state index >= 15 is 0 Å². The Bertz CT molecular complexity index is 1840. The highest BCUT2D eigenvalue weighted by Crippen LogP contribution is 2.28. The van der Waals surface area contributed by atoms with Crippen LogP contribution < -0.4 is 17.2 Å². The van der Waals surface area contributed by atoms with Crippen LogP contribution in [0.4, 0.5) is 34.8 Å². The molecule has 0 aliphatic rings. The van der Waals surface area contributed by atoms with Crippen LogP contribution in [0.5, 0.6) is 0 Å². The first-order valence-corrected chi connectivity index (χ1v) is 13.6. The van der Waals surface area contributed by atoms with Crippen molar-refractivity contribution < 1.29 is 32.3 Å². The topological polar surface area (TPSA) is 176 Å². The Morgan fingerprint density at radius 2 is 1.42 bits per heavy atom. The number of nitrogen functional groups attached to an aromatic ring is 3. The van der Waals surface area contributed by atoms with Gasteiger partial charge >= 0.3 is 5.97 Å². The van der Waals surface area contributed by atoms with Gasteiger partial charge in [-0.05, 0) is 49.2 Å². The second kappa shape index (κ2) is 14.5. The van der Waals surface area contributed by atoms with Crippen LogP contribution in [-0.2, 0) is 13.0 Å². The average Bonchev–Trinajstić information content (AvgIpc) is 3.37. The lowest BCUT2D eigenvalue weighted by atomic mass is 10.0. The number of nitrogens with two attached hydrogens (primary N) is 3. The number of anilines is 3. The van der Waals surface area contributed by atoms with Gasteiger partial charge in [-0.1, -0.05) is 13.3 Å². The number of halogens is 4. The molecule has 0 saturated carbocycles. The monoisotopic (exact) mass is 622 g/mol. The Hall–Kier alpha value is -5.21. The van der Waals surface area contributed by atoms with Gasteiger partial charge in [-0.15, -0.1) is 0 Å². The summed E-state index contributed by atoms with van der Waals surface area (Å²) in [6, 6.07) is 7.00. The summed E-state index contributed by atoms with van der Waals surface area (Å²) in [7, 11) is 0. The number of carboxylic acid groups (broad SMARTS) is 1. The molecule has 10 nitrogen and oxygen atoms in total. The highest BCUT2D eigenvalue weighted by atomic mass is 19.1. The number of hydrogen-bond donors (Lipinski definition) is 4. The number of carboxylic acids is 1. The van der Waals surface area contributed by atoms with Crippen molar-refractivity contribution in [2.75, 3.05) is 17.2 Å². The fourth-order valence-electron chi connectivity index (χ4n) is 4.61. The maximum absolute atomic E-state index is 13.6. The van der Waals surface area contributed by atoms with Gasteiger partial charge in [0.2, 0.25) is 0 Å². The van der Waals surface area contributed by atoms with Crippen LogP contribution >= 0.6 is 0 Å². The van der Waals surface area contributed by atoms with E-state index in [0.717, 1.165) is 53.8 Å². The van der Waals surface area contributed by atoms with E-state index in [0.29, 0.717) is 36.4 Å².